The van der Waals surface area contributed by atoms with Crippen LogP contribution in [-0.4, -0.2) is 40.6 Å². The molecule has 0 aliphatic carbocycles. The summed E-state index contributed by atoms with van der Waals surface area (Å²) >= 11 is 3.26. The van der Waals surface area contributed by atoms with Crippen molar-refractivity contribution in [2.75, 3.05) is 12.4 Å². The molecule has 128 valence electrons. The van der Waals surface area contributed by atoms with Crippen molar-refractivity contribution in [3.8, 4) is 0 Å². The Bertz CT molecular complexity index is 570. The molecule has 0 aliphatic rings. The molecule has 1 heterocycles. The third kappa shape index (κ3) is 6.17. The molecule has 0 unspecified atom stereocenters. The van der Waals surface area contributed by atoms with Crippen LogP contribution >= 0.6 is 15.9 Å². The fourth-order valence-corrected chi connectivity index (χ4v) is 2.40. The summed E-state index contributed by atoms with van der Waals surface area (Å²) in [6, 6.07) is 4.57. The van der Waals surface area contributed by atoms with Gasteiger partial charge in [0.15, 0.2) is 0 Å². The third-order valence-corrected chi connectivity index (χ3v) is 3.41. The van der Waals surface area contributed by atoms with E-state index >= 15 is 0 Å². The van der Waals surface area contributed by atoms with Gasteiger partial charge < -0.3 is 10.1 Å². The number of rotatable bonds is 4. The Morgan fingerprint density at radius 1 is 1.30 bits per heavy atom. The van der Waals surface area contributed by atoms with Gasteiger partial charge in [-0.3, -0.25) is 9.69 Å². The van der Waals surface area contributed by atoms with Crippen LogP contribution in [-0.2, 0) is 9.53 Å². The number of amides is 2. The summed E-state index contributed by atoms with van der Waals surface area (Å²) in [5, 5.41) is 2.73. The van der Waals surface area contributed by atoms with Crippen molar-refractivity contribution < 1.29 is 14.3 Å². The highest BCUT2D eigenvalue weighted by Crippen LogP contribution is 2.17. The highest BCUT2D eigenvalue weighted by molar-refractivity contribution is 9.10. The molecular formula is C16H24BrN3O3. The van der Waals surface area contributed by atoms with Crippen LogP contribution < -0.4 is 5.32 Å². The van der Waals surface area contributed by atoms with Crippen molar-refractivity contribution in [2.24, 2.45) is 5.92 Å². The first-order valence-electron chi connectivity index (χ1n) is 7.40. The van der Waals surface area contributed by atoms with Crippen LogP contribution in [0, 0.1) is 5.92 Å². The topological polar surface area (TPSA) is 71.5 Å². The summed E-state index contributed by atoms with van der Waals surface area (Å²) in [6.07, 6.45) is -0.534. The van der Waals surface area contributed by atoms with Crippen LogP contribution in [0.2, 0.25) is 0 Å². The monoisotopic (exact) mass is 385 g/mol. The molecule has 0 saturated carbocycles. The Balaban J connectivity index is 2.88. The summed E-state index contributed by atoms with van der Waals surface area (Å²) in [5.74, 6) is 0.0336. The van der Waals surface area contributed by atoms with E-state index in [1.54, 1.807) is 46.0 Å². The Morgan fingerprint density at radius 3 is 2.39 bits per heavy atom. The fraction of sp³-hybridized carbons (Fsp3) is 0.562. The average Bonchev–Trinajstić information content (AvgIpc) is 2.36. The number of ether oxygens (including phenoxy) is 1. The highest BCUT2D eigenvalue weighted by Gasteiger charge is 2.32. The second kappa shape index (κ2) is 7.77. The van der Waals surface area contributed by atoms with Crippen molar-refractivity contribution in [1.29, 1.82) is 0 Å². The van der Waals surface area contributed by atoms with Crippen LogP contribution in [0.5, 0.6) is 0 Å². The molecule has 23 heavy (non-hydrogen) atoms. The average molecular weight is 386 g/mol. The van der Waals surface area contributed by atoms with Crippen LogP contribution in [0.1, 0.15) is 34.6 Å². The van der Waals surface area contributed by atoms with E-state index in [0.717, 1.165) is 0 Å². The molecule has 1 atom stereocenters. The summed E-state index contributed by atoms with van der Waals surface area (Å²) in [6.45, 7) is 9.11. The molecule has 0 aromatic carbocycles. The SMILES string of the molecule is CC(C)[C@@H](C(=O)Nc1cccc(Br)n1)N(C)C(=O)OC(C)(C)C. The summed E-state index contributed by atoms with van der Waals surface area (Å²) in [4.78, 5) is 30.3. The first-order chi connectivity index (χ1) is 10.5. The number of carbonyl (C=O) groups excluding carboxylic acids is 2. The van der Waals surface area contributed by atoms with Crippen molar-refractivity contribution in [2.45, 2.75) is 46.3 Å². The van der Waals surface area contributed by atoms with Gasteiger partial charge in [0.05, 0.1) is 0 Å². The summed E-state index contributed by atoms with van der Waals surface area (Å²) in [7, 11) is 1.56. The van der Waals surface area contributed by atoms with E-state index in [1.807, 2.05) is 13.8 Å². The van der Waals surface area contributed by atoms with Crippen LogP contribution in [0.4, 0.5) is 10.6 Å². The Hall–Kier alpha value is -1.63. The van der Waals surface area contributed by atoms with E-state index in [1.165, 1.54) is 4.90 Å². The number of pyridine rings is 1. The lowest BCUT2D eigenvalue weighted by atomic mass is 10.0. The Labute approximate surface area is 145 Å². The maximum Gasteiger partial charge on any atom is 0.410 e. The summed E-state index contributed by atoms with van der Waals surface area (Å²) < 4.78 is 5.96. The molecule has 6 nitrogen and oxygen atoms in total. The summed E-state index contributed by atoms with van der Waals surface area (Å²) in [5.41, 5.74) is -0.616. The first-order valence-corrected chi connectivity index (χ1v) is 8.20. The van der Waals surface area contributed by atoms with E-state index in [-0.39, 0.29) is 11.8 Å². The predicted molar refractivity (Wildman–Crippen MR) is 93.2 cm³/mol. The molecule has 1 N–H and O–H groups in total. The number of hydrogen-bond acceptors (Lipinski definition) is 4. The normalized spacial score (nSPS) is 12.7. The van der Waals surface area contributed by atoms with Gasteiger partial charge in [0.2, 0.25) is 5.91 Å². The quantitative estimate of drug-likeness (QED) is 0.802. The van der Waals surface area contributed by atoms with E-state index in [2.05, 4.69) is 26.2 Å². The minimum Gasteiger partial charge on any atom is -0.444 e. The lowest BCUT2D eigenvalue weighted by Gasteiger charge is -2.32. The molecule has 0 aliphatic heterocycles. The van der Waals surface area contributed by atoms with E-state index in [0.29, 0.717) is 10.4 Å². The number of anilines is 1. The second-order valence-electron chi connectivity index (χ2n) is 6.61. The molecule has 7 heteroatoms. The smallest absolute Gasteiger partial charge is 0.410 e. The zero-order chi connectivity index (χ0) is 17.8. The number of nitrogens with zero attached hydrogens (tertiary/aromatic N) is 2. The largest absolute Gasteiger partial charge is 0.444 e. The minimum absolute atomic E-state index is 0.0836. The van der Waals surface area contributed by atoms with Crippen LogP contribution in [0.15, 0.2) is 22.8 Å². The highest BCUT2D eigenvalue weighted by atomic mass is 79.9. The first kappa shape index (κ1) is 19.4. The van der Waals surface area contributed by atoms with Crippen molar-refractivity contribution in [1.82, 2.24) is 9.88 Å². The van der Waals surface area contributed by atoms with E-state index < -0.39 is 17.7 Å². The standard InChI is InChI=1S/C16H24BrN3O3/c1-10(2)13(20(6)15(22)23-16(3,4)5)14(21)19-12-9-7-8-11(17)18-12/h7-10,13H,1-6H3,(H,18,19,21)/t13-/m0/s1. The molecule has 0 bridgehead atoms. The number of likely N-dealkylation sites (N-methyl/N-ethyl adjacent to an activating group) is 1. The van der Waals surface area contributed by atoms with Crippen molar-refractivity contribution in [3.63, 3.8) is 0 Å². The zero-order valence-corrected chi connectivity index (χ0v) is 16.0. The lowest BCUT2D eigenvalue weighted by Crippen LogP contribution is -2.49. The van der Waals surface area contributed by atoms with Gasteiger partial charge in [0, 0.05) is 7.05 Å². The minimum atomic E-state index is -0.661. The molecular weight excluding hydrogens is 362 g/mol. The molecule has 1 aromatic heterocycles. The molecule has 0 radical (unpaired) electrons. The van der Waals surface area contributed by atoms with Gasteiger partial charge in [0.25, 0.3) is 0 Å². The molecule has 0 spiro atoms. The molecule has 1 rings (SSSR count). The zero-order valence-electron chi connectivity index (χ0n) is 14.4. The maximum atomic E-state index is 12.6. The van der Waals surface area contributed by atoms with Gasteiger partial charge >= 0.3 is 6.09 Å². The third-order valence-electron chi connectivity index (χ3n) is 2.97. The Kier molecular flexibility index (Phi) is 6.56. The van der Waals surface area contributed by atoms with Crippen molar-refractivity contribution >= 4 is 33.7 Å². The van der Waals surface area contributed by atoms with Crippen molar-refractivity contribution in [3.05, 3.63) is 22.8 Å². The van der Waals surface area contributed by atoms with Crippen LogP contribution in [0.25, 0.3) is 0 Å². The lowest BCUT2D eigenvalue weighted by molar-refractivity contribution is -0.122. The predicted octanol–water partition coefficient (Wildman–Crippen LogP) is 3.67. The number of carbonyl (C=O) groups is 2. The van der Waals surface area contributed by atoms with Gasteiger partial charge in [-0.05, 0) is 54.8 Å². The van der Waals surface area contributed by atoms with Gasteiger partial charge in [0.1, 0.15) is 22.1 Å². The van der Waals surface area contributed by atoms with E-state index in [9.17, 15) is 9.59 Å². The van der Waals surface area contributed by atoms with Crippen LogP contribution in [0.3, 0.4) is 0 Å². The number of aromatic nitrogens is 1. The van der Waals surface area contributed by atoms with Gasteiger partial charge in [-0.1, -0.05) is 19.9 Å². The molecule has 0 fully saturated rings. The molecule has 1 aromatic rings. The fourth-order valence-electron chi connectivity index (χ4n) is 2.05. The molecule has 0 saturated heterocycles. The Morgan fingerprint density at radius 2 is 1.91 bits per heavy atom. The second-order valence-corrected chi connectivity index (χ2v) is 7.43. The number of halogens is 1. The maximum absolute atomic E-state index is 12.6. The van der Waals surface area contributed by atoms with Gasteiger partial charge in [-0.2, -0.15) is 0 Å². The number of hydrogen-bond donors (Lipinski definition) is 1. The van der Waals surface area contributed by atoms with Gasteiger partial charge in [-0.15, -0.1) is 0 Å². The van der Waals surface area contributed by atoms with Gasteiger partial charge in [-0.25, -0.2) is 9.78 Å². The number of nitrogens with one attached hydrogen (secondary N) is 1. The van der Waals surface area contributed by atoms with E-state index in [4.69, 9.17) is 4.74 Å². The molecule has 2 amide bonds.